The summed E-state index contributed by atoms with van der Waals surface area (Å²) < 4.78 is 2.10. The molecule has 1 aromatic heterocycles. The minimum Gasteiger partial charge on any atom is -0.311 e. The van der Waals surface area contributed by atoms with E-state index in [0.29, 0.717) is 11.8 Å². The first-order valence-electron chi connectivity index (χ1n) is 7.96. The Bertz CT molecular complexity index is 532. The molecule has 3 unspecified atom stereocenters. The van der Waals surface area contributed by atoms with Crippen LogP contribution in [0.15, 0.2) is 42.6 Å². The van der Waals surface area contributed by atoms with Crippen LogP contribution < -0.4 is 5.32 Å². The highest BCUT2D eigenvalue weighted by Gasteiger charge is 2.29. The number of aromatic nitrogens is 2. The van der Waals surface area contributed by atoms with Crippen LogP contribution in [0.4, 0.5) is 0 Å². The second-order valence-corrected chi connectivity index (χ2v) is 5.66. The fourth-order valence-corrected chi connectivity index (χ4v) is 3.16. The number of hydrogen-bond donors (Lipinski definition) is 1. The van der Waals surface area contributed by atoms with E-state index < -0.39 is 0 Å². The number of nitrogens with zero attached hydrogens (tertiary/aromatic N) is 2. The van der Waals surface area contributed by atoms with E-state index in [2.05, 4.69) is 79.3 Å². The summed E-state index contributed by atoms with van der Waals surface area (Å²) in [5.41, 5.74) is 2.67. The predicted molar refractivity (Wildman–Crippen MR) is 88.3 cm³/mol. The number of nitrogens with one attached hydrogen (secondary N) is 1. The van der Waals surface area contributed by atoms with Gasteiger partial charge in [0.1, 0.15) is 0 Å². The summed E-state index contributed by atoms with van der Waals surface area (Å²) in [6.45, 7) is 7.66. The maximum absolute atomic E-state index is 4.44. The first-order valence-corrected chi connectivity index (χ1v) is 7.96. The van der Waals surface area contributed by atoms with Crippen molar-refractivity contribution in [3.8, 4) is 0 Å². The molecule has 0 aliphatic rings. The smallest absolute Gasteiger partial charge is 0.0561 e. The minimum absolute atomic E-state index is 0.282. The van der Waals surface area contributed by atoms with E-state index in [0.717, 1.165) is 13.0 Å². The van der Waals surface area contributed by atoms with Gasteiger partial charge in [0.15, 0.2) is 0 Å². The summed E-state index contributed by atoms with van der Waals surface area (Å²) in [5.74, 6) is 1.05. The third-order valence-corrected chi connectivity index (χ3v) is 4.48. The zero-order valence-electron chi connectivity index (χ0n) is 13.6. The van der Waals surface area contributed by atoms with Crippen LogP contribution in [-0.4, -0.2) is 16.8 Å². The van der Waals surface area contributed by atoms with E-state index >= 15 is 0 Å². The maximum atomic E-state index is 4.44. The van der Waals surface area contributed by atoms with Crippen LogP contribution in [0.1, 0.15) is 50.4 Å². The second-order valence-electron chi connectivity index (χ2n) is 5.66. The molecule has 0 spiro atoms. The molecule has 0 fully saturated rings. The zero-order valence-corrected chi connectivity index (χ0v) is 13.6. The summed E-state index contributed by atoms with van der Waals surface area (Å²) in [6, 6.07) is 13.3. The van der Waals surface area contributed by atoms with Gasteiger partial charge in [-0.25, -0.2) is 0 Å². The lowest BCUT2D eigenvalue weighted by molar-refractivity contribution is 0.339. The van der Waals surface area contributed by atoms with Gasteiger partial charge >= 0.3 is 0 Å². The van der Waals surface area contributed by atoms with Crippen molar-refractivity contribution in [2.75, 3.05) is 7.05 Å². The highest BCUT2D eigenvalue weighted by Crippen LogP contribution is 2.38. The van der Waals surface area contributed by atoms with Crippen molar-refractivity contribution in [2.24, 2.45) is 5.92 Å². The number of likely N-dealkylation sites (N-methyl/N-ethyl adjacent to an activating group) is 1. The predicted octanol–water partition coefficient (Wildman–Crippen LogP) is 3.99. The zero-order chi connectivity index (χ0) is 15.2. The van der Waals surface area contributed by atoms with Crippen molar-refractivity contribution in [3.05, 3.63) is 53.9 Å². The van der Waals surface area contributed by atoms with Gasteiger partial charge in [-0.2, -0.15) is 5.10 Å². The normalized spacial score (nSPS) is 15.6. The Balaban J connectivity index is 2.43. The van der Waals surface area contributed by atoms with Crippen molar-refractivity contribution >= 4 is 0 Å². The van der Waals surface area contributed by atoms with Crippen LogP contribution in [0, 0.1) is 5.92 Å². The molecule has 1 heterocycles. The molecule has 0 saturated heterocycles. The molecule has 0 saturated carbocycles. The molecule has 1 aromatic carbocycles. The molecule has 2 aromatic rings. The second kappa shape index (κ2) is 7.41. The lowest BCUT2D eigenvalue weighted by Crippen LogP contribution is -2.30. The van der Waals surface area contributed by atoms with Crippen LogP contribution in [0.5, 0.6) is 0 Å². The third-order valence-electron chi connectivity index (χ3n) is 4.48. The van der Waals surface area contributed by atoms with Crippen molar-refractivity contribution in [1.82, 2.24) is 15.1 Å². The van der Waals surface area contributed by atoms with Gasteiger partial charge in [0.2, 0.25) is 0 Å². The van der Waals surface area contributed by atoms with Gasteiger partial charge in [-0.15, -0.1) is 0 Å². The molecule has 3 nitrogen and oxygen atoms in total. The van der Waals surface area contributed by atoms with Crippen molar-refractivity contribution < 1.29 is 0 Å². The van der Waals surface area contributed by atoms with Gasteiger partial charge in [0.25, 0.3) is 0 Å². The van der Waals surface area contributed by atoms with Crippen molar-refractivity contribution in [3.63, 3.8) is 0 Å². The monoisotopic (exact) mass is 285 g/mol. The maximum Gasteiger partial charge on any atom is 0.0561 e. The molecule has 3 atom stereocenters. The Hall–Kier alpha value is -1.61. The van der Waals surface area contributed by atoms with Crippen LogP contribution in [-0.2, 0) is 6.54 Å². The fraction of sp³-hybridized carbons (Fsp3) is 0.500. The summed E-state index contributed by atoms with van der Waals surface area (Å²) in [6.07, 6.45) is 3.07. The quantitative estimate of drug-likeness (QED) is 0.833. The molecule has 0 aliphatic carbocycles. The number of aryl methyl sites for hydroxylation is 1. The van der Waals surface area contributed by atoms with Gasteiger partial charge in [-0.3, -0.25) is 4.68 Å². The van der Waals surface area contributed by atoms with Crippen molar-refractivity contribution in [2.45, 2.75) is 45.7 Å². The minimum atomic E-state index is 0.282. The van der Waals surface area contributed by atoms with Gasteiger partial charge in [0, 0.05) is 18.7 Å². The van der Waals surface area contributed by atoms with E-state index in [1.165, 1.54) is 11.3 Å². The fourth-order valence-electron chi connectivity index (χ4n) is 3.16. The molecule has 1 N–H and O–H groups in total. The molecule has 114 valence electrons. The third kappa shape index (κ3) is 3.35. The Morgan fingerprint density at radius 2 is 1.86 bits per heavy atom. The van der Waals surface area contributed by atoms with E-state index in [9.17, 15) is 0 Å². The molecular weight excluding hydrogens is 258 g/mol. The molecule has 3 heteroatoms. The molecule has 21 heavy (non-hydrogen) atoms. The van der Waals surface area contributed by atoms with Crippen LogP contribution >= 0.6 is 0 Å². The van der Waals surface area contributed by atoms with Gasteiger partial charge in [-0.1, -0.05) is 50.6 Å². The Morgan fingerprint density at radius 3 is 2.43 bits per heavy atom. The average molecular weight is 285 g/mol. The molecule has 0 bridgehead atoms. The first-order chi connectivity index (χ1) is 10.2. The molecule has 0 aliphatic heterocycles. The highest BCUT2D eigenvalue weighted by atomic mass is 15.3. The van der Waals surface area contributed by atoms with E-state index in [-0.39, 0.29) is 6.04 Å². The van der Waals surface area contributed by atoms with Crippen LogP contribution in [0.2, 0.25) is 0 Å². The highest BCUT2D eigenvalue weighted by molar-refractivity contribution is 5.25. The van der Waals surface area contributed by atoms with Gasteiger partial charge in [-0.05, 0) is 31.5 Å². The van der Waals surface area contributed by atoms with Gasteiger partial charge < -0.3 is 5.32 Å². The lowest BCUT2D eigenvalue weighted by Gasteiger charge is -2.32. The Labute approximate surface area is 128 Å². The SMILES string of the molecule is CCC(C)C(c1ccccc1)C(NC)c1ccnn1CC. The van der Waals surface area contributed by atoms with Gasteiger partial charge in [0.05, 0.1) is 11.7 Å². The van der Waals surface area contributed by atoms with E-state index in [4.69, 9.17) is 0 Å². The molecule has 0 amide bonds. The Morgan fingerprint density at radius 1 is 1.14 bits per heavy atom. The molecular formula is C18H27N3. The van der Waals surface area contributed by atoms with E-state index in [1.807, 2.05) is 6.20 Å². The number of benzene rings is 1. The largest absolute Gasteiger partial charge is 0.311 e. The molecule has 2 rings (SSSR count). The number of hydrogen-bond acceptors (Lipinski definition) is 2. The van der Waals surface area contributed by atoms with Crippen molar-refractivity contribution in [1.29, 1.82) is 0 Å². The summed E-state index contributed by atoms with van der Waals surface area (Å²) in [4.78, 5) is 0. The topological polar surface area (TPSA) is 29.9 Å². The lowest BCUT2D eigenvalue weighted by atomic mass is 9.79. The van der Waals surface area contributed by atoms with E-state index in [1.54, 1.807) is 0 Å². The Kier molecular flexibility index (Phi) is 5.57. The number of rotatable bonds is 7. The first kappa shape index (κ1) is 15.8. The summed E-state index contributed by atoms with van der Waals surface area (Å²) in [7, 11) is 2.05. The summed E-state index contributed by atoms with van der Waals surface area (Å²) in [5, 5.41) is 7.97. The summed E-state index contributed by atoms with van der Waals surface area (Å²) >= 11 is 0. The van der Waals surface area contributed by atoms with Crippen LogP contribution in [0.3, 0.4) is 0 Å². The average Bonchev–Trinajstić information content (AvgIpc) is 3.00. The molecule has 0 radical (unpaired) electrons. The van der Waals surface area contributed by atoms with Crippen LogP contribution in [0.25, 0.3) is 0 Å². The standard InChI is InChI=1S/C18H27N3/c1-5-14(3)17(15-10-8-7-9-11-15)18(19-4)16-12-13-20-21(16)6-2/h7-14,17-19H,5-6H2,1-4H3.